The van der Waals surface area contributed by atoms with Gasteiger partial charge in [-0.25, -0.2) is 0 Å². The summed E-state index contributed by atoms with van der Waals surface area (Å²) in [5.41, 5.74) is 1.13. The van der Waals surface area contributed by atoms with Crippen LogP contribution in [-0.2, 0) is 0 Å². The Morgan fingerprint density at radius 1 is 1.20 bits per heavy atom. The summed E-state index contributed by atoms with van der Waals surface area (Å²) in [6.07, 6.45) is 2.28. The van der Waals surface area contributed by atoms with E-state index in [0.29, 0.717) is 41.1 Å². The molecular formula is C15H13ClO4. The fraction of sp³-hybridized carbons (Fsp3) is 0.267. The number of aryl methyl sites for hydroxylation is 1. The average Bonchev–Trinajstić information content (AvgIpc) is 2.72. The molecule has 0 amide bonds. The number of fused-ring (bicyclic) bond motifs is 1. The number of hydrogen-bond donors (Lipinski definition) is 0. The number of rotatable bonds is 2. The molecule has 104 valence electrons. The molecule has 5 heteroatoms. The summed E-state index contributed by atoms with van der Waals surface area (Å²) in [6, 6.07) is 4.98. The maximum absolute atomic E-state index is 12.4. The molecule has 2 aromatic rings. The molecule has 1 aliphatic heterocycles. The van der Waals surface area contributed by atoms with Gasteiger partial charge < -0.3 is 13.9 Å². The minimum absolute atomic E-state index is 0.256. The predicted molar refractivity (Wildman–Crippen MR) is 73.9 cm³/mol. The van der Waals surface area contributed by atoms with E-state index in [1.165, 1.54) is 6.26 Å². The van der Waals surface area contributed by atoms with Crippen LogP contribution in [0.4, 0.5) is 0 Å². The van der Waals surface area contributed by atoms with Gasteiger partial charge in [0, 0.05) is 18.1 Å². The lowest BCUT2D eigenvalue weighted by molar-refractivity contribution is 0.101. The SMILES string of the molecule is Cc1ccoc1C(=O)c1cc2c(cc1Cl)OCCCO2. The second kappa shape index (κ2) is 5.21. The maximum Gasteiger partial charge on any atom is 0.230 e. The average molecular weight is 293 g/mol. The summed E-state index contributed by atoms with van der Waals surface area (Å²) in [7, 11) is 0. The van der Waals surface area contributed by atoms with Gasteiger partial charge >= 0.3 is 0 Å². The van der Waals surface area contributed by atoms with E-state index in [2.05, 4.69) is 0 Å². The van der Waals surface area contributed by atoms with Crippen LogP contribution in [-0.4, -0.2) is 19.0 Å². The second-order valence-electron chi connectivity index (χ2n) is 4.59. The molecule has 0 saturated heterocycles. The van der Waals surface area contributed by atoms with Crippen molar-refractivity contribution < 1.29 is 18.7 Å². The third kappa shape index (κ3) is 2.27. The molecule has 0 N–H and O–H groups in total. The lowest BCUT2D eigenvalue weighted by atomic mass is 10.1. The highest BCUT2D eigenvalue weighted by molar-refractivity contribution is 6.35. The van der Waals surface area contributed by atoms with Crippen LogP contribution >= 0.6 is 11.6 Å². The summed E-state index contributed by atoms with van der Waals surface area (Å²) in [6.45, 7) is 2.95. The Balaban J connectivity index is 2.04. The van der Waals surface area contributed by atoms with Crippen molar-refractivity contribution >= 4 is 17.4 Å². The van der Waals surface area contributed by atoms with E-state index in [1.807, 2.05) is 6.92 Å². The molecule has 0 saturated carbocycles. The number of benzene rings is 1. The molecule has 1 aliphatic rings. The summed E-state index contributed by atoms with van der Waals surface area (Å²) in [4.78, 5) is 12.4. The van der Waals surface area contributed by atoms with Crippen molar-refractivity contribution in [1.29, 1.82) is 0 Å². The van der Waals surface area contributed by atoms with Gasteiger partial charge in [0.15, 0.2) is 17.3 Å². The van der Waals surface area contributed by atoms with Crippen LogP contribution in [0.25, 0.3) is 0 Å². The van der Waals surface area contributed by atoms with Crippen LogP contribution < -0.4 is 9.47 Å². The van der Waals surface area contributed by atoms with Gasteiger partial charge in [-0.15, -0.1) is 0 Å². The Kier molecular flexibility index (Phi) is 3.40. The minimum Gasteiger partial charge on any atom is -0.490 e. The molecule has 4 nitrogen and oxygen atoms in total. The Hall–Kier alpha value is -1.94. The topological polar surface area (TPSA) is 48.7 Å². The Morgan fingerprint density at radius 2 is 1.90 bits per heavy atom. The number of carbonyl (C=O) groups excluding carboxylic acids is 1. The zero-order valence-corrected chi connectivity index (χ0v) is 11.7. The molecule has 2 heterocycles. The molecule has 0 spiro atoms. The van der Waals surface area contributed by atoms with E-state index in [9.17, 15) is 4.79 Å². The van der Waals surface area contributed by atoms with Gasteiger partial charge in [0.05, 0.1) is 24.5 Å². The minimum atomic E-state index is -0.256. The van der Waals surface area contributed by atoms with Crippen molar-refractivity contribution in [3.05, 3.63) is 46.4 Å². The highest BCUT2D eigenvalue weighted by Crippen LogP contribution is 2.36. The predicted octanol–water partition coefficient (Wildman–Crippen LogP) is 3.63. The smallest absolute Gasteiger partial charge is 0.230 e. The largest absolute Gasteiger partial charge is 0.490 e. The van der Waals surface area contributed by atoms with Crippen molar-refractivity contribution in [3.8, 4) is 11.5 Å². The molecule has 3 rings (SSSR count). The van der Waals surface area contributed by atoms with E-state index in [4.69, 9.17) is 25.5 Å². The van der Waals surface area contributed by atoms with Gasteiger partial charge in [-0.3, -0.25) is 4.79 Å². The zero-order valence-electron chi connectivity index (χ0n) is 10.9. The van der Waals surface area contributed by atoms with Crippen molar-refractivity contribution in [2.24, 2.45) is 0 Å². The molecule has 0 atom stereocenters. The first-order valence-corrected chi connectivity index (χ1v) is 6.72. The van der Waals surface area contributed by atoms with Crippen LogP contribution in [0.5, 0.6) is 11.5 Å². The first-order chi connectivity index (χ1) is 9.66. The van der Waals surface area contributed by atoms with Gasteiger partial charge in [0.1, 0.15) is 0 Å². The van der Waals surface area contributed by atoms with Crippen LogP contribution in [0.2, 0.25) is 5.02 Å². The Labute approximate surface area is 121 Å². The van der Waals surface area contributed by atoms with Crippen LogP contribution in [0.15, 0.2) is 28.9 Å². The van der Waals surface area contributed by atoms with Crippen molar-refractivity contribution in [2.45, 2.75) is 13.3 Å². The fourth-order valence-electron chi connectivity index (χ4n) is 2.09. The normalized spacial score (nSPS) is 13.9. The quantitative estimate of drug-likeness (QED) is 0.793. The summed E-state index contributed by atoms with van der Waals surface area (Å²) in [5, 5.41) is 0.329. The summed E-state index contributed by atoms with van der Waals surface area (Å²) >= 11 is 6.18. The molecule has 0 bridgehead atoms. The molecule has 0 unspecified atom stereocenters. The molecule has 0 fully saturated rings. The second-order valence-corrected chi connectivity index (χ2v) is 5.00. The highest BCUT2D eigenvalue weighted by Gasteiger charge is 2.22. The number of ketones is 1. The van der Waals surface area contributed by atoms with Crippen LogP contribution in [0, 0.1) is 6.92 Å². The van der Waals surface area contributed by atoms with Crippen LogP contribution in [0.3, 0.4) is 0 Å². The molecule has 0 aliphatic carbocycles. The lowest BCUT2D eigenvalue weighted by Gasteiger charge is -2.10. The standard InChI is InChI=1S/C15H13ClO4/c1-9-3-6-20-15(9)14(17)10-7-12-13(8-11(10)16)19-5-2-4-18-12/h3,6-8H,2,4-5H2,1H3. The van der Waals surface area contributed by atoms with Gasteiger partial charge in [0.25, 0.3) is 0 Å². The first kappa shape index (κ1) is 13.1. The molecule has 1 aromatic heterocycles. The van der Waals surface area contributed by atoms with E-state index < -0.39 is 0 Å². The zero-order chi connectivity index (χ0) is 14.1. The van der Waals surface area contributed by atoms with Gasteiger partial charge in [-0.2, -0.15) is 0 Å². The third-order valence-electron chi connectivity index (χ3n) is 3.15. The molecule has 20 heavy (non-hydrogen) atoms. The van der Waals surface area contributed by atoms with Crippen LogP contribution in [0.1, 0.15) is 28.1 Å². The Bertz CT molecular complexity index is 660. The number of ether oxygens (including phenoxy) is 2. The molecular weight excluding hydrogens is 280 g/mol. The molecule has 0 radical (unpaired) electrons. The highest BCUT2D eigenvalue weighted by atomic mass is 35.5. The maximum atomic E-state index is 12.4. The van der Waals surface area contributed by atoms with E-state index in [1.54, 1.807) is 18.2 Å². The van der Waals surface area contributed by atoms with Gasteiger partial charge in [-0.1, -0.05) is 11.6 Å². The Morgan fingerprint density at radius 3 is 2.55 bits per heavy atom. The number of hydrogen-bond acceptors (Lipinski definition) is 4. The third-order valence-corrected chi connectivity index (χ3v) is 3.46. The first-order valence-electron chi connectivity index (χ1n) is 6.35. The number of carbonyl (C=O) groups is 1. The van der Waals surface area contributed by atoms with E-state index in [0.717, 1.165) is 12.0 Å². The number of furan rings is 1. The molecule has 1 aromatic carbocycles. The number of halogens is 1. The summed E-state index contributed by atoms with van der Waals surface area (Å²) in [5.74, 6) is 1.15. The van der Waals surface area contributed by atoms with Gasteiger partial charge in [-0.05, 0) is 24.6 Å². The summed E-state index contributed by atoms with van der Waals surface area (Å²) < 4.78 is 16.3. The fourth-order valence-corrected chi connectivity index (χ4v) is 2.33. The van der Waals surface area contributed by atoms with Gasteiger partial charge in [0.2, 0.25) is 5.78 Å². The van der Waals surface area contributed by atoms with E-state index in [-0.39, 0.29) is 5.78 Å². The van der Waals surface area contributed by atoms with E-state index >= 15 is 0 Å². The van der Waals surface area contributed by atoms with Crippen molar-refractivity contribution in [2.75, 3.05) is 13.2 Å². The van der Waals surface area contributed by atoms with Crippen molar-refractivity contribution in [1.82, 2.24) is 0 Å². The lowest BCUT2D eigenvalue weighted by Crippen LogP contribution is -2.04. The monoisotopic (exact) mass is 292 g/mol. The van der Waals surface area contributed by atoms with Crippen molar-refractivity contribution in [3.63, 3.8) is 0 Å².